The van der Waals surface area contributed by atoms with Crippen molar-refractivity contribution in [3.05, 3.63) is 76.0 Å². The zero-order valence-electron chi connectivity index (χ0n) is 15.7. The Kier molecular flexibility index (Phi) is 5.37. The molecule has 0 fully saturated rings. The van der Waals surface area contributed by atoms with E-state index in [4.69, 9.17) is 4.74 Å². The van der Waals surface area contributed by atoms with Crippen LogP contribution in [0.15, 0.2) is 69.8 Å². The second-order valence-corrected chi connectivity index (χ2v) is 7.79. The zero-order valence-corrected chi connectivity index (χ0v) is 17.3. The van der Waals surface area contributed by atoms with Crippen LogP contribution in [0.25, 0.3) is 16.2 Å². The summed E-state index contributed by atoms with van der Waals surface area (Å²) in [6, 6.07) is 14.9. The van der Waals surface area contributed by atoms with Crippen molar-refractivity contribution in [1.29, 1.82) is 0 Å². The van der Waals surface area contributed by atoms with Crippen molar-refractivity contribution >= 4 is 39.7 Å². The molecule has 1 N–H and O–H groups in total. The van der Waals surface area contributed by atoms with E-state index in [0.29, 0.717) is 22.1 Å². The van der Waals surface area contributed by atoms with Crippen LogP contribution in [-0.2, 0) is 0 Å². The molecule has 4 rings (SSSR count). The molecule has 0 spiro atoms. The summed E-state index contributed by atoms with van der Waals surface area (Å²) in [5, 5.41) is 4.67. The average molecular weight is 424 g/mol. The Morgan fingerprint density at radius 3 is 2.83 bits per heavy atom. The molecule has 29 heavy (non-hydrogen) atoms. The fraction of sp³-hybridized carbons (Fsp3) is 0.0952. The highest BCUT2D eigenvalue weighted by atomic mass is 32.2. The second-order valence-electron chi connectivity index (χ2n) is 6.10. The molecular weight excluding hydrogens is 406 g/mol. The SMILES string of the molecule is COc1cccc(-c2csc3ncc(C(=O)Nc4ccccc4SC)c(=O)n23)c1. The Hall–Kier alpha value is -3.10. The standard InChI is InChI=1S/C21H17N3O3S2/c1-27-14-7-5-6-13(10-14)17-12-29-21-22-11-15(20(26)24(17)21)19(25)23-16-8-3-4-9-18(16)28-2/h3-12H,1-2H3,(H,23,25). The number of thiazole rings is 1. The third kappa shape index (κ3) is 3.64. The first-order valence-electron chi connectivity index (χ1n) is 8.70. The molecule has 6 nitrogen and oxygen atoms in total. The van der Waals surface area contributed by atoms with E-state index < -0.39 is 11.5 Å². The lowest BCUT2D eigenvalue weighted by Gasteiger charge is -2.09. The minimum atomic E-state index is -0.485. The van der Waals surface area contributed by atoms with E-state index in [2.05, 4.69) is 10.3 Å². The summed E-state index contributed by atoms with van der Waals surface area (Å²) in [4.78, 5) is 31.7. The van der Waals surface area contributed by atoms with Gasteiger partial charge in [0, 0.05) is 22.0 Å². The van der Waals surface area contributed by atoms with Gasteiger partial charge < -0.3 is 10.1 Å². The van der Waals surface area contributed by atoms with Gasteiger partial charge in [0.1, 0.15) is 11.3 Å². The third-order valence-electron chi connectivity index (χ3n) is 4.41. The predicted molar refractivity (Wildman–Crippen MR) is 118 cm³/mol. The monoisotopic (exact) mass is 423 g/mol. The van der Waals surface area contributed by atoms with E-state index in [9.17, 15) is 9.59 Å². The number of amides is 1. The van der Waals surface area contributed by atoms with E-state index in [1.165, 1.54) is 33.7 Å². The van der Waals surface area contributed by atoms with E-state index >= 15 is 0 Å². The number of benzene rings is 2. The largest absolute Gasteiger partial charge is 0.497 e. The van der Waals surface area contributed by atoms with E-state index in [1.807, 2.05) is 54.1 Å². The van der Waals surface area contributed by atoms with Gasteiger partial charge in [0.25, 0.3) is 11.5 Å². The molecule has 0 unspecified atom stereocenters. The third-order valence-corrected chi connectivity index (χ3v) is 6.05. The average Bonchev–Trinajstić information content (AvgIpc) is 3.19. The number of carbonyl (C=O) groups excluding carboxylic acids is 1. The van der Waals surface area contributed by atoms with Gasteiger partial charge in [-0.25, -0.2) is 4.98 Å². The molecule has 146 valence electrons. The normalized spacial score (nSPS) is 10.8. The molecule has 0 radical (unpaired) electrons. The van der Waals surface area contributed by atoms with E-state index in [-0.39, 0.29) is 5.56 Å². The number of ether oxygens (including phenoxy) is 1. The highest BCUT2D eigenvalue weighted by Gasteiger charge is 2.18. The summed E-state index contributed by atoms with van der Waals surface area (Å²) < 4.78 is 6.75. The first-order chi connectivity index (χ1) is 14.1. The highest BCUT2D eigenvalue weighted by molar-refractivity contribution is 7.98. The molecule has 0 aliphatic carbocycles. The van der Waals surface area contributed by atoms with Gasteiger partial charge in [-0.15, -0.1) is 23.1 Å². The molecule has 0 bridgehead atoms. The van der Waals surface area contributed by atoms with Gasteiger partial charge in [-0.2, -0.15) is 0 Å². The van der Waals surface area contributed by atoms with Crippen LogP contribution in [0.3, 0.4) is 0 Å². The van der Waals surface area contributed by atoms with Gasteiger partial charge in [0.15, 0.2) is 4.96 Å². The number of fused-ring (bicyclic) bond motifs is 1. The lowest BCUT2D eigenvalue weighted by molar-refractivity contribution is 0.102. The molecule has 0 aliphatic rings. The molecule has 2 heterocycles. The zero-order chi connectivity index (χ0) is 20.4. The first kappa shape index (κ1) is 19.2. The summed E-state index contributed by atoms with van der Waals surface area (Å²) in [7, 11) is 1.59. The molecule has 2 aromatic carbocycles. The fourth-order valence-electron chi connectivity index (χ4n) is 2.97. The summed E-state index contributed by atoms with van der Waals surface area (Å²) in [5.41, 5.74) is 1.72. The highest BCUT2D eigenvalue weighted by Crippen LogP contribution is 2.27. The van der Waals surface area contributed by atoms with Gasteiger partial charge in [-0.3, -0.25) is 14.0 Å². The Morgan fingerprint density at radius 1 is 1.21 bits per heavy atom. The quantitative estimate of drug-likeness (QED) is 0.482. The molecule has 0 aliphatic heterocycles. The van der Waals surface area contributed by atoms with Gasteiger partial charge in [-0.1, -0.05) is 24.3 Å². The molecular formula is C21H17N3O3S2. The van der Waals surface area contributed by atoms with Gasteiger partial charge in [0.05, 0.1) is 18.5 Å². The summed E-state index contributed by atoms with van der Waals surface area (Å²) >= 11 is 2.86. The van der Waals surface area contributed by atoms with Gasteiger partial charge >= 0.3 is 0 Å². The summed E-state index contributed by atoms with van der Waals surface area (Å²) in [6.07, 6.45) is 3.26. The molecule has 4 aromatic rings. The van der Waals surface area contributed by atoms with Gasteiger partial charge in [0.2, 0.25) is 0 Å². The molecule has 1 amide bonds. The van der Waals surface area contributed by atoms with Crippen LogP contribution in [-0.4, -0.2) is 28.7 Å². The number of nitrogens with one attached hydrogen (secondary N) is 1. The van der Waals surface area contributed by atoms with Crippen LogP contribution < -0.4 is 15.6 Å². The second kappa shape index (κ2) is 8.10. The van der Waals surface area contributed by atoms with Crippen LogP contribution in [0.2, 0.25) is 0 Å². The van der Waals surface area contributed by atoms with Crippen LogP contribution in [0, 0.1) is 0 Å². The molecule has 8 heteroatoms. The molecule has 0 atom stereocenters. The smallest absolute Gasteiger partial charge is 0.271 e. The summed E-state index contributed by atoms with van der Waals surface area (Å²) in [6.45, 7) is 0. The molecule has 0 saturated heterocycles. The Bertz CT molecular complexity index is 1260. The number of aromatic nitrogens is 2. The maximum Gasteiger partial charge on any atom is 0.271 e. The number of thioether (sulfide) groups is 1. The molecule has 2 aromatic heterocycles. The number of hydrogen-bond acceptors (Lipinski definition) is 6. The Labute approximate surface area is 175 Å². The number of para-hydroxylation sites is 1. The number of carbonyl (C=O) groups is 1. The van der Waals surface area contributed by atoms with Crippen LogP contribution in [0.4, 0.5) is 5.69 Å². The van der Waals surface area contributed by atoms with Crippen molar-refractivity contribution in [2.45, 2.75) is 4.90 Å². The Balaban J connectivity index is 1.78. The minimum absolute atomic E-state index is 0.0130. The van der Waals surface area contributed by atoms with Crippen molar-refractivity contribution in [2.24, 2.45) is 0 Å². The van der Waals surface area contributed by atoms with Crippen molar-refractivity contribution < 1.29 is 9.53 Å². The lowest BCUT2D eigenvalue weighted by atomic mass is 10.1. The number of rotatable bonds is 5. The van der Waals surface area contributed by atoms with Gasteiger partial charge in [-0.05, 0) is 30.5 Å². The number of nitrogens with zero attached hydrogens (tertiary/aromatic N) is 2. The fourth-order valence-corrected chi connectivity index (χ4v) is 4.38. The van der Waals surface area contributed by atoms with E-state index in [1.54, 1.807) is 13.2 Å². The van der Waals surface area contributed by atoms with Crippen LogP contribution in [0.5, 0.6) is 5.75 Å². The Morgan fingerprint density at radius 2 is 2.03 bits per heavy atom. The van der Waals surface area contributed by atoms with Crippen LogP contribution >= 0.6 is 23.1 Å². The first-order valence-corrected chi connectivity index (χ1v) is 10.8. The minimum Gasteiger partial charge on any atom is -0.497 e. The van der Waals surface area contributed by atoms with E-state index in [0.717, 1.165) is 10.5 Å². The van der Waals surface area contributed by atoms with Crippen molar-refractivity contribution in [2.75, 3.05) is 18.7 Å². The lowest BCUT2D eigenvalue weighted by Crippen LogP contribution is -2.26. The number of anilines is 1. The maximum atomic E-state index is 13.2. The number of hydrogen-bond donors (Lipinski definition) is 1. The molecule has 0 saturated carbocycles. The van der Waals surface area contributed by atoms with Crippen molar-refractivity contribution in [3.8, 4) is 17.0 Å². The maximum absolute atomic E-state index is 13.2. The summed E-state index contributed by atoms with van der Waals surface area (Å²) in [5.74, 6) is 0.201. The predicted octanol–water partition coefficient (Wildman–Crippen LogP) is 4.41. The topological polar surface area (TPSA) is 72.7 Å². The van der Waals surface area contributed by atoms with Crippen molar-refractivity contribution in [1.82, 2.24) is 9.38 Å². The van der Waals surface area contributed by atoms with Crippen LogP contribution in [0.1, 0.15) is 10.4 Å². The number of methoxy groups -OCH3 is 1. The van der Waals surface area contributed by atoms with Crippen molar-refractivity contribution in [3.63, 3.8) is 0 Å².